The summed E-state index contributed by atoms with van der Waals surface area (Å²) in [6.07, 6.45) is 0. The summed E-state index contributed by atoms with van der Waals surface area (Å²) in [7, 11) is 0. The first-order valence-electron chi connectivity index (χ1n) is 4.96. The topological polar surface area (TPSA) is 37.8 Å². The van der Waals surface area contributed by atoms with Crippen LogP contribution in [0.25, 0.3) is 11.0 Å². The quantitative estimate of drug-likeness (QED) is 0.894. The lowest BCUT2D eigenvalue weighted by atomic mass is 10.2. The van der Waals surface area contributed by atoms with Crippen molar-refractivity contribution in [2.75, 3.05) is 0 Å². The molecule has 0 aliphatic heterocycles. The second kappa shape index (κ2) is 3.85. The normalized spacial score (nSPS) is 11.5. The molecule has 1 heterocycles. The predicted octanol–water partition coefficient (Wildman–Crippen LogP) is 2.75. The molecule has 0 bridgehead atoms. The molecule has 0 aliphatic rings. The summed E-state index contributed by atoms with van der Waals surface area (Å²) in [5, 5.41) is 0. The van der Waals surface area contributed by atoms with Crippen LogP contribution in [0.4, 0.5) is 0 Å². The Bertz CT molecular complexity index is 539. The zero-order chi connectivity index (χ0) is 11.0. The molecular formula is C11H13BrN2O. The van der Waals surface area contributed by atoms with Gasteiger partial charge < -0.3 is 4.98 Å². The summed E-state index contributed by atoms with van der Waals surface area (Å²) in [6, 6.07) is 5.81. The predicted molar refractivity (Wildman–Crippen MR) is 65.1 cm³/mol. The van der Waals surface area contributed by atoms with Gasteiger partial charge in [0.2, 0.25) is 0 Å². The number of hydrogen-bond acceptors (Lipinski definition) is 1. The van der Waals surface area contributed by atoms with Crippen molar-refractivity contribution in [3.05, 3.63) is 33.2 Å². The van der Waals surface area contributed by atoms with Gasteiger partial charge in [-0.2, -0.15) is 0 Å². The van der Waals surface area contributed by atoms with Crippen LogP contribution in [0.15, 0.2) is 27.5 Å². The molecule has 0 saturated heterocycles. The zero-order valence-electron chi connectivity index (χ0n) is 8.75. The lowest BCUT2D eigenvalue weighted by Gasteiger charge is -2.06. The van der Waals surface area contributed by atoms with E-state index in [0.717, 1.165) is 22.1 Å². The number of nitrogens with zero attached hydrogens (tertiary/aromatic N) is 1. The van der Waals surface area contributed by atoms with Crippen LogP contribution in [-0.2, 0) is 6.54 Å². The third-order valence-corrected chi connectivity index (χ3v) is 2.78. The first-order chi connectivity index (χ1) is 7.08. The Morgan fingerprint density at radius 3 is 2.87 bits per heavy atom. The fourth-order valence-corrected chi connectivity index (χ4v) is 2.02. The Morgan fingerprint density at radius 1 is 1.47 bits per heavy atom. The molecule has 2 rings (SSSR count). The van der Waals surface area contributed by atoms with Crippen molar-refractivity contribution < 1.29 is 0 Å². The summed E-state index contributed by atoms with van der Waals surface area (Å²) >= 11 is 3.41. The fraction of sp³-hybridized carbons (Fsp3) is 0.364. The molecule has 0 amide bonds. The van der Waals surface area contributed by atoms with Crippen molar-refractivity contribution in [1.82, 2.24) is 9.55 Å². The smallest absolute Gasteiger partial charge is 0.306 e. The first kappa shape index (κ1) is 10.5. The van der Waals surface area contributed by atoms with Crippen LogP contribution in [0.3, 0.4) is 0 Å². The average molecular weight is 269 g/mol. The molecule has 15 heavy (non-hydrogen) atoms. The number of nitrogens with one attached hydrogen (secondary N) is 1. The minimum absolute atomic E-state index is 0.0307. The SMILES string of the molecule is CC(C)Cn1c(=O)[nH]c2ccc(Br)cc21. The molecular weight excluding hydrogens is 256 g/mol. The highest BCUT2D eigenvalue weighted by Crippen LogP contribution is 2.17. The number of halogens is 1. The number of aromatic amines is 1. The molecule has 1 aromatic carbocycles. The highest BCUT2D eigenvalue weighted by Gasteiger charge is 2.07. The molecule has 0 fully saturated rings. The molecule has 0 unspecified atom stereocenters. The molecule has 2 aromatic rings. The van der Waals surface area contributed by atoms with Crippen LogP contribution in [0.2, 0.25) is 0 Å². The van der Waals surface area contributed by atoms with Crippen LogP contribution in [0, 0.1) is 5.92 Å². The Balaban J connectivity index is 2.65. The molecule has 80 valence electrons. The van der Waals surface area contributed by atoms with Gasteiger partial charge in [-0.05, 0) is 24.1 Å². The third kappa shape index (κ3) is 2.00. The van der Waals surface area contributed by atoms with Gasteiger partial charge in [0.15, 0.2) is 0 Å². The van der Waals surface area contributed by atoms with E-state index >= 15 is 0 Å². The van der Waals surface area contributed by atoms with Crippen molar-refractivity contribution in [3.8, 4) is 0 Å². The minimum atomic E-state index is -0.0307. The van der Waals surface area contributed by atoms with Crippen LogP contribution in [0.1, 0.15) is 13.8 Å². The number of H-pyrrole nitrogens is 1. The minimum Gasteiger partial charge on any atom is -0.306 e. The molecule has 1 N–H and O–H groups in total. The summed E-state index contributed by atoms with van der Waals surface area (Å²) < 4.78 is 2.77. The molecule has 0 spiro atoms. The van der Waals surface area contributed by atoms with Gasteiger partial charge in [0.05, 0.1) is 11.0 Å². The van der Waals surface area contributed by atoms with Crippen LogP contribution in [0.5, 0.6) is 0 Å². The van der Waals surface area contributed by atoms with Crippen LogP contribution in [-0.4, -0.2) is 9.55 Å². The van der Waals surface area contributed by atoms with Gasteiger partial charge in [-0.1, -0.05) is 29.8 Å². The second-order valence-corrected chi connectivity index (χ2v) is 5.01. The summed E-state index contributed by atoms with van der Waals surface area (Å²) in [6.45, 7) is 4.95. The van der Waals surface area contributed by atoms with E-state index in [4.69, 9.17) is 0 Å². The molecule has 3 nitrogen and oxygen atoms in total. The number of rotatable bonds is 2. The van der Waals surface area contributed by atoms with E-state index in [0.29, 0.717) is 5.92 Å². The van der Waals surface area contributed by atoms with Crippen LogP contribution < -0.4 is 5.69 Å². The number of imidazole rings is 1. The summed E-state index contributed by atoms with van der Waals surface area (Å²) in [5.74, 6) is 0.459. The van der Waals surface area contributed by atoms with Crippen molar-refractivity contribution in [2.24, 2.45) is 5.92 Å². The monoisotopic (exact) mass is 268 g/mol. The van der Waals surface area contributed by atoms with Gasteiger partial charge in [0.1, 0.15) is 0 Å². The Kier molecular flexibility index (Phi) is 2.69. The van der Waals surface area contributed by atoms with E-state index in [1.165, 1.54) is 0 Å². The fourth-order valence-electron chi connectivity index (χ4n) is 1.67. The van der Waals surface area contributed by atoms with E-state index in [-0.39, 0.29) is 5.69 Å². The van der Waals surface area contributed by atoms with E-state index in [1.54, 1.807) is 4.57 Å². The van der Waals surface area contributed by atoms with Gasteiger partial charge in [-0.25, -0.2) is 4.79 Å². The summed E-state index contributed by atoms with van der Waals surface area (Å²) in [5.41, 5.74) is 1.82. The van der Waals surface area contributed by atoms with Crippen molar-refractivity contribution >= 4 is 27.0 Å². The lowest BCUT2D eigenvalue weighted by molar-refractivity contribution is 0.522. The number of fused-ring (bicyclic) bond motifs is 1. The highest BCUT2D eigenvalue weighted by atomic mass is 79.9. The van der Waals surface area contributed by atoms with E-state index in [9.17, 15) is 4.79 Å². The van der Waals surface area contributed by atoms with E-state index in [1.807, 2.05) is 18.2 Å². The maximum Gasteiger partial charge on any atom is 0.326 e. The van der Waals surface area contributed by atoms with Crippen LogP contribution >= 0.6 is 15.9 Å². The molecule has 1 aromatic heterocycles. The number of hydrogen-bond donors (Lipinski definition) is 1. The third-order valence-electron chi connectivity index (χ3n) is 2.29. The lowest BCUT2D eigenvalue weighted by Crippen LogP contribution is -2.19. The molecule has 0 atom stereocenters. The Morgan fingerprint density at radius 2 is 2.20 bits per heavy atom. The van der Waals surface area contributed by atoms with Crippen molar-refractivity contribution in [1.29, 1.82) is 0 Å². The first-order valence-corrected chi connectivity index (χ1v) is 5.75. The number of aromatic nitrogens is 2. The van der Waals surface area contributed by atoms with Crippen molar-refractivity contribution in [2.45, 2.75) is 20.4 Å². The van der Waals surface area contributed by atoms with Gasteiger partial charge in [0.25, 0.3) is 0 Å². The zero-order valence-corrected chi connectivity index (χ0v) is 10.3. The largest absolute Gasteiger partial charge is 0.326 e. The average Bonchev–Trinajstić information content (AvgIpc) is 2.43. The summed E-state index contributed by atoms with van der Waals surface area (Å²) in [4.78, 5) is 14.5. The molecule has 0 radical (unpaired) electrons. The molecule has 4 heteroatoms. The standard InChI is InChI=1S/C11H13BrN2O/c1-7(2)6-14-10-5-8(12)3-4-9(10)13-11(14)15/h3-5,7H,6H2,1-2H3,(H,13,15). The van der Waals surface area contributed by atoms with Gasteiger partial charge in [-0.15, -0.1) is 0 Å². The maximum absolute atomic E-state index is 11.7. The highest BCUT2D eigenvalue weighted by molar-refractivity contribution is 9.10. The molecule has 0 aliphatic carbocycles. The Hall–Kier alpha value is -1.03. The van der Waals surface area contributed by atoms with Gasteiger partial charge in [0, 0.05) is 11.0 Å². The molecule has 0 saturated carbocycles. The Labute approximate surface area is 96.2 Å². The van der Waals surface area contributed by atoms with E-state index < -0.39 is 0 Å². The second-order valence-electron chi connectivity index (χ2n) is 4.10. The van der Waals surface area contributed by atoms with Crippen molar-refractivity contribution in [3.63, 3.8) is 0 Å². The van der Waals surface area contributed by atoms with Gasteiger partial charge in [-0.3, -0.25) is 4.57 Å². The van der Waals surface area contributed by atoms with E-state index in [2.05, 4.69) is 34.8 Å². The van der Waals surface area contributed by atoms with Gasteiger partial charge >= 0.3 is 5.69 Å². The maximum atomic E-state index is 11.7. The number of benzene rings is 1.